The molecule has 24 heavy (non-hydrogen) atoms. The highest BCUT2D eigenvalue weighted by Gasteiger charge is 2.11. The van der Waals surface area contributed by atoms with E-state index in [-0.39, 0.29) is 12.4 Å². The van der Waals surface area contributed by atoms with Crippen molar-refractivity contribution in [2.24, 2.45) is 5.10 Å². The lowest BCUT2D eigenvalue weighted by atomic mass is 10.1. The number of nitrogens with zero attached hydrogens (tertiary/aromatic N) is 2. The first-order chi connectivity index (χ1) is 11.4. The summed E-state index contributed by atoms with van der Waals surface area (Å²) in [7, 11) is 0. The van der Waals surface area contributed by atoms with Crippen LogP contribution in [0.4, 0.5) is 5.88 Å². The van der Waals surface area contributed by atoms with Gasteiger partial charge < -0.3 is 9.15 Å². The molecule has 1 amide bonds. The van der Waals surface area contributed by atoms with Crippen LogP contribution in [0.3, 0.4) is 0 Å². The Hall–Kier alpha value is -2.68. The molecule has 8 nitrogen and oxygen atoms in total. The fourth-order valence-corrected chi connectivity index (χ4v) is 2.66. The Balaban J connectivity index is 1.87. The molecule has 0 aliphatic rings. The monoisotopic (exact) mass is 395 g/mol. The van der Waals surface area contributed by atoms with Gasteiger partial charge in [0.25, 0.3) is 5.91 Å². The Labute approximate surface area is 145 Å². The van der Waals surface area contributed by atoms with Crippen molar-refractivity contribution in [2.75, 3.05) is 6.61 Å². The summed E-state index contributed by atoms with van der Waals surface area (Å²) in [5.41, 5.74) is 4.06. The van der Waals surface area contributed by atoms with Crippen molar-refractivity contribution >= 4 is 33.9 Å². The van der Waals surface area contributed by atoms with E-state index in [1.807, 2.05) is 26.0 Å². The van der Waals surface area contributed by atoms with E-state index in [9.17, 15) is 14.9 Å². The van der Waals surface area contributed by atoms with E-state index < -0.39 is 16.7 Å². The van der Waals surface area contributed by atoms with E-state index in [0.29, 0.717) is 5.75 Å². The van der Waals surface area contributed by atoms with E-state index in [4.69, 9.17) is 9.15 Å². The van der Waals surface area contributed by atoms with Crippen LogP contribution in [-0.2, 0) is 4.79 Å². The number of carbonyl (C=O) groups is 1. The molecular formula is C15H14BrN3O5. The number of nitro groups is 1. The first-order valence-electron chi connectivity index (χ1n) is 6.82. The summed E-state index contributed by atoms with van der Waals surface area (Å²) in [5, 5.41) is 14.1. The van der Waals surface area contributed by atoms with Crippen LogP contribution in [0.25, 0.3) is 0 Å². The van der Waals surface area contributed by atoms with E-state index in [2.05, 4.69) is 26.5 Å². The third-order valence-corrected chi connectivity index (χ3v) is 3.40. The number of amides is 1. The Morgan fingerprint density at radius 1 is 1.42 bits per heavy atom. The van der Waals surface area contributed by atoms with Gasteiger partial charge in [-0.1, -0.05) is 15.9 Å². The second-order valence-electron chi connectivity index (χ2n) is 4.88. The number of hydrogen-bond acceptors (Lipinski definition) is 6. The second kappa shape index (κ2) is 7.73. The van der Waals surface area contributed by atoms with Crippen LogP contribution in [0.2, 0.25) is 0 Å². The number of hydrogen-bond donors (Lipinski definition) is 1. The summed E-state index contributed by atoms with van der Waals surface area (Å²) in [6.07, 6.45) is 1.17. The quantitative estimate of drug-likeness (QED) is 0.459. The number of ether oxygens (including phenoxy) is 1. The summed E-state index contributed by atoms with van der Waals surface area (Å²) in [5.74, 6) is -0.0668. The highest BCUT2D eigenvalue weighted by Crippen LogP contribution is 2.27. The van der Waals surface area contributed by atoms with Crippen LogP contribution in [0.5, 0.6) is 5.75 Å². The molecule has 0 saturated heterocycles. The van der Waals surface area contributed by atoms with Gasteiger partial charge in [-0.3, -0.25) is 14.9 Å². The van der Waals surface area contributed by atoms with Crippen LogP contribution in [0.15, 0.2) is 38.3 Å². The predicted molar refractivity (Wildman–Crippen MR) is 90.2 cm³/mol. The summed E-state index contributed by atoms with van der Waals surface area (Å²) < 4.78 is 11.3. The molecule has 0 radical (unpaired) electrons. The molecule has 0 fully saturated rings. The Kier molecular flexibility index (Phi) is 5.69. The minimum Gasteiger partial charge on any atom is -0.483 e. The zero-order chi connectivity index (χ0) is 17.7. The standard InChI is InChI=1S/C15H14BrN3O5/c1-9-5-11(16)6-10(2)15(9)23-8-13(20)18-17-7-12-3-4-14(24-12)19(21)22/h3-7H,8H2,1-2H3,(H,18,20). The van der Waals surface area contributed by atoms with Crippen LogP contribution in [-0.4, -0.2) is 23.7 Å². The molecule has 1 aromatic carbocycles. The number of halogens is 1. The molecule has 0 aliphatic heterocycles. The predicted octanol–water partition coefficient (Wildman–Crippen LogP) is 3.10. The van der Waals surface area contributed by atoms with Crippen molar-refractivity contribution in [3.05, 3.63) is 55.7 Å². The summed E-state index contributed by atoms with van der Waals surface area (Å²) in [6.45, 7) is 3.55. The number of furan rings is 1. The first kappa shape index (κ1) is 17.7. The molecular weight excluding hydrogens is 382 g/mol. The van der Waals surface area contributed by atoms with Gasteiger partial charge in [-0.2, -0.15) is 5.10 Å². The third-order valence-electron chi connectivity index (χ3n) is 2.95. The number of nitrogens with one attached hydrogen (secondary N) is 1. The summed E-state index contributed by atoms with van der Waals surface area (Å²) in [6, 6.07) is 6.36. The number of aryl methyl sites for hydroxylation is 2. The Morgan fingerprint density at radius 3 is 2.67 bits per heavy atom. The number of carbonyl (C=O) groups excluding carboxylic acids is 1. The second-order valence-corrected chi connectivity index (χ2v) is 5.80. The molecule has 1 aromatic heterocycles. The van der Waals surface area contributed by atoms with E-state index in [0.717, 1.165) is 15.6 Å². The van der Waals surface area contributed by atoms with E-state index in [1.165, 1.54) is 18.3 Å². The molecule has 0 aliphatic carbocycles. The molecule has 0 spiro atoms. The molecule has 0 bridgehead atoms. The van der Waals surface area contributed by atoms with Crippen LogP contribution in [0.1, 0.15) is 16.9 Å². The molecule has 2 rings (SSSR count). The lowest BCUT2D eigenvalue weighted by Gasteiger charge is -2.11. The number of rotatable bonds is 6. The molecule has 1 N–H and O–H groups in total. The van der Waals surface area contributed by atoms with Crippen molar-refractivity contribution in [3.63, 3.8) is 0 Å². The van der Waals surface area contributed by atoms with E-state index in [1.54, 1.807) is 0 Å². The van der Waals surface area contributed by atoms with Crippen molar-refractivity contribution in [2.45, 2.75) is 13.8 Å². The van der Waals surface area contributed by atoms with Gasteiger partial charge in [0.1, 0.15) is 10.7 Å². The number of benzene rings is 1. The van der Waals surface area contributed by atoms with Crippen molar-refractivity contribution < 1.29 is 18.9 Å². The average molecular weight is 396 g/mol. The van der Waals surface area contributed by atoms with Crippen molar-refractivity contribution in [1.29, 1.82) is 0 Å². The average Bonchev–Trinajstić information content (AvgIpc) is 2.95. The third kappa shape index (κ3) is 4.66. The molecule has 9 heteroatoms. The first-order valence-corrected chi connectivity index (χ1v) is 7.62. The van der Waals surface area contributed by atoms with Gasteiger partial charge in [-0.05, 0) is 43.2 Å². The lowest BCUT2D eigenvalue weighted by Crippen LogP contribution is -2.25. The molecule has 2 aromatic rings. The zero-order valence-corrected chi connectivity index (χ0v) is 14.5. The number of hydrazone groups is 1. The molecule has 1 heterocycles. The van der Waals surface area contributed by atoms with Crippen LogP contribution >= 0.6 is 15.9 Å². The maximum absolute atomic E-state index is 11.7. The fraction of sp³-hybridized carbons (Fsp3) is 0.200. The van der Waals surface area contributed by atoms with Crippen LogP contribution < -0.4 is 10.2 Å². The van der Waals surface area contributed by atoms with Gasteiger partial charge in [-0.15, -0.1) is 0 Å². The lowest BCUT2D eigenvalue weighted by molar-refractivity contribution is -0.402. The highest BCUT2D eigenvalue weighted by atomic mass is 79.9. The maximum atomic E-state index is 11.7. The van der Waals surface area contributed by atoms with Gasteiger partial charge in [-0.25, -0.2) is 5.43 Å². The van der Waals surface area contributed by atoms with E-state index >= 15 is 0 Å². The molecule has 126 valence electrons. The van der Waals surface area contributed by atoms with Gasteiger partial charge in [0.2, 0.25) is 0 Å². The highest BCUT2D eigenvalue weighted by molar-refractivity contribution is 9.10. The minimum atomic E-state index is -0.660. The van der Waals surface area contributed by atoms with Gasteiger partial charge >= 0.3 is 5.88 Å². The summed E-state index contributed by atoms with van der Waals surface area (Å²) in [4.78, 5) is 21.5. The summed E-state index contributed by atoms with van der Waals surface area (Å²) >= 11 is 3.39. The van der Waals surface area contributed by atoms with Crippen molar-refractivity contribution in [1.82, 2.24) is 5.43 Å². The molecule has 0 atom stereocenters. The zero-order valence-electron chi connectivity index (χ0n) is 12.9. The minimum absolute atomic E-state index is 0.155. The molecule has 0 unspecified atom stereocenters. The topological polar surface area (TPSA) is 107 Å². The van der Waals surface area contributed by atoms with Crippen molar-refractivity contribution in [3.8, 4) is 5.75 Å². The SMILES string of the molecule is Cc1cc(Br)cc(C)c1OCC(=O)NN=Cc1ccc([N+](=O)[O-])o1. The smallest absolute Gasteiger partial charge is 0.433 e. The van der Waals surface area contributed by atoms with Gasteiger partial charge in [0, 0.05) is 4.47 Å². The fourth-order valence-electron chi connectivity index (χ4n) is 1.97. The Bertz CT molecular complexity index is 777. The normalized spacial score (nSPS) is 10.8. The molecule has 0 saturated carbocycles. The largest absolute Gasteiger partial charge is 0.483 e. The maximum Gasteiger partial charge on any atom is 0.433 e. The van der Waals surface area contributed by atoms with Gasteiger partial charge in [0.15, 0.2) is 12.4 Å². The van der Waals surface area contributed by atoms with Crippen LogP contribution in [0, 0.1) is 24.0 Å². The van der Waals surface area contributed by atoms with Gasteiger partial charge in [0.05, 0.1) is 12.3 Å². The Morgan fingerprint density at radius 2 is 2.08 bits per heavy atom.